The Balaban J connectivity index is 1.13. The number of carbonyl (C=O) groups excluding carboxylic acids is 2. The summed E-state index contributed by atoms with van der Waals surface area (Å²) in [6, 6.07) is 24.5. The van der Waals surface area contributed by atoms with E-state index in [0.29, 0.717) is 22.4 Å². The SMILES string of the molecule is N#Cc1cc(Cn2ccc(NC(=O)C(c3ccc(C4(C(F)(F)F)CC4)cc3)N(C(=O)Cc3ccc(OCC4CC(F)(F)C4)cc3)c3ccn(Cc4ccc(F)c(C#N)c4)n3)n2)ccc1F. The van der Waals surface area contributed by atoms with Crippen molar-refractivity contribution in [3.05, 3.63) is 160 Å². The molecule has 2 aliphatic rings. The standard InChI is InChI=1S/C47H37F7N8O3/c48-38-11-3-30(19-34(38)24-55)26-60-17-13-40(58-60)57-44(64)43(33-5-7-36(8-6-33)45(15-16-45)47(52,53)54)62(41-14-18-61(59-41)27-31-4-12-39(49)35(20-31)25-56)42(63)21-29-1-9-37(10-2-29)65-28-32-22-46(50,51)23-32/h1-14,17-20,32,43H,15-16,21-23,26-28H2,(H,57,58,64). The molecule has 6 aromatic rings. The lowest BCUT2D eigenvalue weighted by Crippen LogP contribution is -2.42. The Morgan fingerprint density at radius 2 is 1.37 bits per heavy atom. The van der Waals surface area contributed by atoms with Crippen LogP contribution in [0.5, 0.6) is 5.75 Å². The molecule has 2 heterocycles. The van der Waals surface area contributed by atoms with Crippen molar-refractivity contribution in [3.8, 4) is 17.9 Å². The molecule has 11 nitrogen and oxygen atoms in total. The van der Waals surface area contributed by atoms with Crippen LogP contribution in [0, 0.1) is 40.2 Å². The molecule has 1 unspecified atom stereocenters. The average molecular weight is 895 g/mol. The molecule has 0 spiro atoms. The molecule has 8 rings (SSSR count). The highest BCUT2D eigenvalue weighted by molar-refractivity contribution is 6.05. The summed E-state index contributed by atoms with van der Waals surface area (Å²) >= 11 is 0. The number of hydrogen-bond donors (Lipinski definition) is 1. The summed E-state index contributed by atoms with van der Waals surface area (Å²) in [4.78, 5) is 30.5. The summed E-state index contributed by atoms with van der Waals surface area (Å²) in [6.45, 7) is 0.193. The van der Waals surface area contributed by atoms with Crippen LogP contribution < -0.4 is 15.0 Å². The number of nitrogens with zero attached hydrogens (tertiary/aromatic N) is 7. The number of anilines is 2. The van der Waals surface area contributed by atoms with Crippen molar-refractivity contribution in [2.45, 2.75) is 68.7 Å². The minimum Gasteiger partial charge on any atom is -0.493 e. The van der Waals surface area contributed by atoms with Gasteiger partial charge in [-0.3, -0.25) is 23.9 Å². The summed E-state index contributed by atoms with van der Waals surface area (Å²) < 4.78 is 106. The van der Waals surface area contributed by atoms with Crippen molar-refractivity contribution in [3.63, 3.8) is 0 Å². The second-order valence-corrected chi connectivity index (χ2v) is 16.2. The highest BCUT2D eigenvalue weighted by atomic mass is 19.4. The van der Waals surface area contributed by atoms with Gasteiger partial charge in [-0.05, 0) is 77.1 Å². The summed E-state index contributed by atoms with van der Waals surface area (Å²) in [5.41, 5.74) is -0.776. The van der Waals surface area contributed by atoms with Crippen molar-refractivity contribution in [1.82, 2.24) is 19.6 Å². The molecular formula is C47H37F7N8O3. The first kappa shape index (κ1) is 44.1. The van der Waals surface area contributed by atoms with E-state index in [4.69, 9.17) is 4.74 Å². The molecule has 18 heteroatoms. The quantitative estimate of drug-likeness (QED) is 0.101. The Labute approximate surface area is 367 Å². The van der Waals surface area contributed by atoms with Crippen LogP contribution in [-0.2, 0) is 34.5 Å². The van der Waals surface area contributed by atoms with Crippen molar-refractivity contribution in [2.75, 3.05) is 16.8 Å². The maximum absolute atomic E-state index is 14.7. The number of amides is 2. The lowest BCUT2D eigenvalue weighted by Gasteiger charge is -2.34. The van der Waals surface area contributed by atoms with E-state index < -0.39 is 47.0 Å². The third kappa shape index (κ3) is 9.72. The number of nitriles is 2. The Bertz CT molecular complexity index is 2810. The van der Waals surface area contributed by atoms with E-state index in [1.165, 1.54) is 82.4 Å². The maximum atomic E-state index is 14.7. The molecule has 332 valence electrons. The van der Waals surface area contributed by atoms with Crippen LogP contribution in [0.1, 0.15) is 70.7 Å². The predicted octanol–water partition coefficient (Wildman–Crippen LogP) is 9.17. The largest absolute Gasteiger partial charge is 0.493 e. The third-order valence-electron chi connectivity index (χ3n) is 11.5. The number of carbonyl (C=O) groups is 2. The zero-order chi connectivity index (χ0) is 46.1. The lowest BCUT2D eigenvalue weighted by molar-refractivity contribution is -0.160. The van der Waals surface area contributed by atoms with Crippen LogP contribution in [0.25, 0.3) is 0 Å². The smallest absolute Gasteiger partial charge is 0.398 e. The normalized spacial score (nSPS) is 15.5. The molecule has 1 atom stereocenters. The number of ether oxygens (including phenoxy) is 1. The molecule has 0 aliphatic heterocycles. The molecule has 0 radical (unpaired) electrons. The van der Waals surface area contributed by atoms with Crippen LogP contribution in [0.2, 0.25) is 0 Å². The number of alkyl halides is 5. The van der Waals surface area contributed by atoms with Gasteiger partial charge in [0.2, 0.25) is 11.8 Å². The van der Waals surface area contributed by atoms with Gasteiger partial charge in [0.15, 0.2) is 11.6 Å². The highest BCUT2D eigenvalue weighted by Crippen LogP contribution is 2.59. The number of hydrogen-bond acceptors (Lipinski definition) is 7. The van der Waals surface area contributed by atoms with E-state index in [9.17, 15) is 50.8 Å². The molecule has 1 N–H and O–H groups in total. The average Bonchev–Trinajstić information content (AvgIpc) is 3.80. The summed E-state index contributed by atoms with van der Waals surface area (Å²) in [5, 5.41) is 30.4. The molecular weight excluding hydrogens is 858 g/mol. The molecule has 2 saturated carbocycles. The number of halogens is 7. The Morgan fingerprint density at radius 1 is 0.800 bits per heavy atom. The van der Waals surface area contributed by atoms with Gasteiger partial charge < -0.3 is 10.1 Å². The van der Waals surface area contributed by atoms with Gasteiger partial charge in [-0.25, -0.2) is 17.6 Å². The van der Waals surface area contributed by atoms with E-state index in [2.05, 4.69) is 15.5 Å². The predicted molar refractivity (Wildman–Crippen MR) is 220 cm³/mol. The van der Waals surface area contributed by atoms with Gasteiger partial charge in [0, 0.05) is 43.3 Å². The fraction of sp³-hybridized carbons (Fsp3) is 0.277. The van der Waals surface area contributed by atoms with Gasteiger partial charge in [-0.2, -0.15) is 33.9 Å². The van der Waals surface area contributed by atoms with Gasteiger partial charge in [0.25, 0.3) is 5.91 Å². The van der Waals surface area contributed by atoms with E-state index in [1.807, 2.05) is 0 Å². The minimum absolute atomic E-state index is 0.00137. The van der Waals surface area contributed by atoms with Gasteiger partial charge in [0.05, 0.1) is 42.7 Å². The first-order valence-corrected chi connectivity index (χ1v) is 20.4. The zero-order valence-corrected chi connectivity index (χ0v) is 34.2. The fourth-order valence-corrected chi connectivity index (χ4v) is 7.91. The molecule has 2 aliphatic carbocycles. The zero-order valence-electron chi connectivity index (χ0n) is 34.2. The first-order chi connectivity index (χ1) is 31.0. The fourth-order valence-electron chi connectivity index (χ4n) is 7.91. The molecule has 2 fully saturated rings. The first-order valence-electron chi connectivity index (χ1n) is 20.4. The van der Waals surface area contributed by atoms with Crippen LogP contribution in [-0.4, -0.2) is 50.1 Å². The van der Waals surface area contributed by atoms with E-state index >= 15 is 0 Å². The Hall–Kier alpha value is -7.47. The van der Waals surface area contributed by atoms with E-state index in [-0.39, 0.29) is 91.6 Å². The summed E-state index contributed by atoms with van der Waals surface area (Å²) in [6.07, 6.45) is -2.56. The summed E-state index contributed by atoms with van der Waals surface area (Å²) in [5.74, 6) is -5.50. The van der Waals surface area contributed by atoms with Crippen molar-refractivity contribution in [2.24, 2.45) is 5.92 Å². The number of rotatable bonds is 15. The maximum Gasteiger partial charge on any atom is 0.398 e. The number of benzene rings is 4. The Kier molecular flexibility index (Phi) is 12.0. The van der Waals surface area contributed by atoms with Crippen LogP contribution in [0.15, 0.2) is 109 Å². The second-order valence-electron chi connectivity index (χ2n) is 16.2. The molecule has 65 heavy (non-hydrogen) atoms. The highest BCUT2D eigenvalue weighted by Gasteiger charge is 2.64. The van der Waals surface area contributed by atoms with Gasteiger partial charge in [0.1, 0.15) is 35.6 Å². The third-order valence-corrected chi connectivity index (χ3v) is 11.5. The summed E-state index contributed by atoms with van der Waals surface area (Å²) in [7, 11) is 0. The lowest BCUT2D eigenvalue weighted by atomic mass is 9.82. The van der Waals surface area contributed by atoms with Crippen molar-refractivity contribution < 1.29 is 45.1 Å². The van der Waals surface area contributed by atoms with Crippen LogP contribution in [0.3, 0.4) is 0 Å². The molecule has 2 aromatic heterocycles. The topological polar surface area (TPSA) is 142 Å². The van der Waals surface area contributed by atoms with Gasteiger partial charge >= 0.3 is 6.18 Å². The van der Waals surface area contributed by atoms with Gasteiger partial charge in [-0.1, -0.05) is 48.5 Å². The van der Waals surface area contributed by atoms with Crippen LogP contribution in [0.4, 0.5) is 42.4 Å². The van der Waals surface area contributed by atoms with Crippen LogP contribution >= 0.6 is 0 Å². The number of aromatic nitrogens is 4. The molecule has 0 saturated heterocycles. The number of nitrogens with one attached hydrogen (secondary N) is 1. The van der Waals surface area contributed by atoms with E-state index in [0.717, 1.165) is 17.0 Å². The minimum atomic E-state index is -4.52. The molecule has 0 bridgehead atoms. The van der Waals surface area contributed by atoms with Crippen molar-refractivity contribution in [1.29, 1.82) is 10.5 Å². The van der Waals surface area contributed by atoms with Crippen molar-refractivity contribution >= 4 is 23.5 Å². The van der Waals surface area contributed by atoms with Gasteiger partial charge in [-0.15, -0.1) is 0 Å². The molecule has 2 amide bonds. The van der Waals surface area contributed by atoms with E-state index in [1.54, 1.807) is 36.4 Å². The molecule has 4 aromatic carbocycles. The Morgan fingerprint density at radius 3 is 1.92 bits per heavy atom. The monoisotopic (exact) mass is 894 g/mol. The second kappa shape index (κ2) is 17.6.